The van der Waals surface area contributed by atoms with Gasteiger partial charge in [-0.05, 0) is 26.0 Å². The van der Waals surface area contributed by atoms with Crippen LogP contribution in [-0.4, -0.2) is 31.9 Å². The summed E-state index contributed by atoms with van der Waals surface area (Å²) in [7, 11) is 0. The summed E-state index contributed by atoms with van der Waals surface area (Å²) in [5.74, 6) is -0.0908. The van der Waals surface area contributed by atoms with Gasteiger partial charge in [-0.1, -0.05) is 17.3 Å². The van der Waals surface area contributed by atoms with Crippen LogP contribution in [0.15, 0.2) is 29.8 Å². The fourth-order valence-corrected chi connectivity index (χ4v) is 2.87. The number of hydrogen-bond acceptors (Lipinski definition) is 5. The van der Waals surface area contributed by atoms with E-state index in [1.807, 2.05) is 38.1 Å². The van der Waals surface area contributed by atoms with E-state index in [0.717, 1.165) is 16.7 Å². The van der Waals surface area contributed by atoms with Gasteiger partial charge in [-0.15, -0.1) is 16.4 Å². The van der Waals surface area contributed by atoms with Crippen molar-refractivity contribution in [2.75, 3.05) is 0 Å². The highest BCUT2D eigenvalue weighted by Gasteiger charge is 2.15. The first kappa shape index (κ1) is 13.7. The molecule has 2 heterocycles. The van der Waals surface area contributed by atoms with Gasteiger partial charge in [0.05, 0.1) is 23.3 Å². The van der Waals surface area contributed by atoms with Crippen LogP contribution >= 0.6 is 11.3 Å². The van der Waals surface area contributed by atoms with E-state index in [1.54, 1.807) is 10.2 Å². The monoisotopic (exact) mass is 301 g/mol. The molecule has 3 aromatic rings. The second-order valence-electron chi connectivity index (χ2n) is 4.90. The zero-order valence-corrected chi connectivity index (χ0v) is 12.6. The maximum absolute atomic E-state index is 12.1. The number of aromatic nitrogens is 4. The van der Waals surface area contributed by atoms with Crippen molar-refractivity contribution in [1.29, 1.82) is 0 Å². The van der Waals surface area contributed by atoms with Crippen LogP contribution in [0.4, 0.5) is 0 Å². The third kappa shape index (κ3) is 2.78. The average molecular weight is 301 g/mol. The molecule has 0 fully saturated rings. The number of fused-ring (bicyclic) bond motifs is 1. The molecule has 108 valence electrons. The number of nitrogens with one attached hydrogen (secondary N) is 1. The van der Waals surface area contributed by atoms with Crippen LogP contribution in [0.5, 0.6) is 0 Å². The molecule has 1 atom stereocenters. The molecule has 1 N–H and O–H groups in total. The Labute approximate surface area is 125 Å². The van der Waals surface area contributed by atoms with Gasteiger partial charge in [0.25, 0.3) is 5.91 Å². The summed E-state index contributed by atoms with van der Waals surface area (Å²) in [6, 6.07) is 7.72. The smallest absolute Gasteiger partial charge is 0.263 e. The molecule has 7 heteroatoms. The number of carbonyl (C=O) groups is 1. The topological polar surface area (TPSA) is 72.7 Å². The van der Waals surface area contributed by atoms with Gasteiger partial charge in [-0.25, -0.2) is 9.67 Å². The van der Waals surface area contributed by atoms with Crippen molar-refractivity contribution in [3.63, 3.8) is 0 Å². The lowest BCUT2D eigenvalue weighted by atomic mass is 10.3. The van der Waals surface area contributed by atoms with Crippen LogP contribution in [0.1, 0.15) is 22.3 Å². The van der Waals surface area contributed by atoms with E-state index >= 15 is 0 Å². The van der Waals surface area contributed by atoms with Gasteiger partial charge >= 0.3 is 0 Å². The van der Waals surface area contributed by atoms with Crippen LogP contribution < -0.4 is 5.32 Å². The molecule has 2 aromatic heterocycles. The van der Waals surface area contributed by atoms with Gasteiger partial charge in [0.2, 0.25) is 0 Å². The Morgan fingerprint density at radius 1 is 1.43 bits per heavy atom. The molecule has 3 rings (SSSR count). The Morgan fingerprint density at radius 3 is 3.00 bits per heavy atom. The fourth-order valence-electron chi connectivity index (χ4n) is 2.17. The molecule has 0 spiro atoms. The summed E-state index contributed by atoms with van der Waals surface area (Å²) in [6.07, 6.45) is 0. The third-order valence-electron chi connectivity index (χ3n) is 3.20. The minimum absolute atomic E-state index is 0.0518. The van der Waals surface area contributed by atoms with Crippen molar-refractivity contribution < 1.29 is 4.79 Å². The first-order valence-corrected chi connectivity index (χ1v) is 7.52. The summed E-state index contributed by atoms with van der Waals surface area (Å²) in [5.41, 5.74) is 4.26. The summed E-state index contributed by atoms with van der Waals surface area (Å²) in [6.45, 7) is 4.36. The Bertz CT molecular complexity index is 778. The molecular weight excluding hydrogens is 286 g/mol. The first-order chi connectivity index (χ1) is 10.1. The standard InChI is InChI=1S/C14H15N5OS/c1-9(16-14(20)13-10(2)15-8-21-13)7-19-12-6-4-3-5-11(12)17-18-19/h3-6,8-9H,7H2,1-2H3,(H,16,20)/t9-/m1/s1. The lowest BCUT2D eigenvalue weighted by molar-refractivity contribution is 0.0939. The Morgan fingerprint density at radius 2 is 2.24 bits per heavy atom. The summed E-state index contributed by atoms with van der Waals surface area (Å²) < 4.78 is 1.81. The molecule has 0 saturated heterocycles. The predicted octanol–water partition coefficient (Wildman–Crippen LogP) is 2.01. The van der Waals surface area contributed by atoms with Crippen LogP contribution in [0.2, 0.25) is 0 Å². The number of aryl methyl sites for hydroxylation is 1. The van der Waals surface area contributed by atoms with E-state index in [4.69, 9.17) is 0 Å². The van der Waals surface area contributed by atoms with Crippen molar-refractivity contribution in [1.82, 2.24) is 25.3 Å². The maximum Gasteiger partial charge on any atom is 0.263 e. The normalized spacial score (nSPS) is 12.5. The molecule has 0 aliphatic heterocycles. The molecule has 1 amide bonds. The highest BCUT2D eigenvalue weighted by molar-refractivity contribution is 7.11. The SMILES string of the molecule is Cc1ncsc1C(=O)N[C@H](C)Cn1nnc2ccccc21. The van der Waals surface area contributed by atoms with E-state index in [9.17, 15) is 4.79 Å². The second-order valence-corrected chi connectivity index (χ2v) is 5.76. The second kappa shape index (κ2) is 5.61. The van der Waals surface area contributed by atoms with Crippen LogP contribution in [-0.2, 0) is 6.54 Å². The Balaban J connectivity index is 1.71. The van der Waals surface area contributed by atoms with Crippen molar-refractivity contribution >= 4 is 28.3 Å². The molecule has 21 heavy (non-hydrogen) atoms. The lowest BCUT2D eigenvalue weighted by Crippen LogP contribution is -2.35. The van der Waals surface area contributed by atoms with Gasteiger partial charge < -0.3 is 5.32 Å². The lowest BCUT2D eigenvalue weighted by Gasteiger charge is -2.13. The van der Waals surface area contributed by atoms with Crippen molar-refractivity contribution in [2.45, 2.75) is 26.4 Å². The number of amides is 1. The van der Waals surface area contributed by atoms with Gasteiger partial charge in [0, 0.05) is 6.04 Å². The van der Waals surface area contributed by atoms with E-state index in [2.05, 4.69) is 20.6 Å². The largest absolute Gasteiger partial charge is 0.347 e. The van der Waals surface area contributed by atoms with Crippen LogP contribution in [0, 0.1) is 6.92 Å². The van der Waals surface area contributed by atoms with Gasteiger partial charge in [-0.2, -0.15) is 0 Å². The molecule has 0 saturated carbocycles. The number of benzene rings is 1. The number of rotatable bonds is 4. The summed E-state index contributed by atoms with van der Waals surface area (Å²) in [4.78, 5) is 16.9. The molecule has 6 nitrogen and oxygen atoms in total. The molecule has 0 aliphatic carbocycles. The molecule has 0 radical (unpaired) electrons. The van der Waals surface area contributed by atoms with E-state index in [-0.39, 0.29) is 11.9 Å². The van der Waals surface area contributed by atoms with Crippen molar-refractivity contribution in [2.24, 2.45) is 0 Å². The minimum atomic E-state index is -0.0908. The average Bonchev–Trinajstić information content (AvgIpc) is 3.06. The number of carbonyl (C=O) groups excluding carboxylic acids is 1. The van der Waals surface area contributed by atoms with Gasteiger partial charge in [-0.3, -0.25) is 4.79 Å². The highest BCUT2D eigenvalue weighted by Crippen LogP contribution is 2.13. The Hall–Kier alpha value is -2.28. The zero-order valence-electron chi connectivity index (χ0n) is 11.8. The summed E-state index contributed by atoms with van der Waals surface area (Å²) >= 11 is 1.35. The summed E-state index contributed by atoms with van der Waals surface area (Å²) in [5, 5.41) is 11.2. The predicted molar refractivity (Wildman–Crippen MR) is 81.3 cm³/mol. The number of para-hydroxylation sites is 1. The number of hydrogen-bond donors (Lipinski definition) is 1. The molecular formula is C14H15N5OS. The Kier molecular flexibility index (Phi) is 3.66. The third-order valence-corrected chi connectivity index (χ3v) is 4.12. The van der Waals surface area contributed by atoms with Crippen molar-refractivity contribution in [3.8, 4) is 0 Å². The highest BCUT2D eigenvalue weighted by atomic mass is 32.1. The van der Waals surface area contributed by atoms with Gasteiger partial charge in [0.15, 0.2) is 0 Å². The van der Waals surface area contributed by atoms with E-state index in [1.165, 1.54) is 11.3 Å². The van der Waals surface area contributed by atoms with Crippen LogP contribution in [0.3, 0.4) is 0 Å². The van der Waals surface area contributed by atoms with Crippen molar-refractivity contribution in [3.05, 3.63) is 40.3 Å². The molecule has 1 aromatic carbocycles. The van der Waals surface area contributed by atoms with Gasteiger partial charge in [0.1, 0.15) is 10.4 Å². The maximum atomic E-state index is 12.1. The fraction of sp³-hybridized carbons (Fsp3) is 0.286. The zero-order chi connectivity index (χ0) is 14.8. The van der Waals surface area contributed by atoms with E-state index in [0.29, 0.717) is 11.4 Å². The molecule has 0 bridgehead atoms. The minimum Gasteiger partial charge on any atom is -0.347 e. The molecule has 0 aliphatic rings. The number of thiazole rings is 1. The first-order valence-electron chi connectivity index (χ1n) is 6.64. The quantitative estimate of drug-likeness (QED) is 0.800. The number of nitrogens with zero attached hydrogens (tertiary/aromatic N) is 4. The van der Waals surface area contributed by atoms with E-state index < -0.39 is 0 Å². The van der Waals surface area contributed by atoms with Crippen LogP contribution in [0.25, 0.3) is 11.0 Å². The molecule has 0 unspecified atom stereocenters.